The van der Waals surface area contributed by atoms with Crippen molar-refractivity contribution in [2.75, 3.05) is 9.44 Å². The SMILES string of the molecule is Cc1cc(NS(=O)(=O)c2ccc(Cl)c(C(F)(F)F)c2)c(NS(=O)(=O)c2c(C)nn(C)c2Cl)cc1Cl. The van der Waals surface area contributed by atoms with Gasteiger partial charge in [0.25, 0.3) is 20.0 Å². The van der Waals surface area contributed by atoms with Gasteiger partial charge in [0.2, 0.25) is 0 Å². The van der Waals surface area contributed by atoms with Gasteiger partial charge in [0.15, 0.2) is 0 Å². The third-order valence-corrected chi connectivity index (χ3v) is 8.87. The molecule has 1 aromatic heterocycles. The fourth-order valence-corrected chi connectivity index (χ4v) is 6.36. The van der Waals surface area contributed by atoms with E-state index in [0.29, 0.717) is 11.6 Å². The number of halogens is 6. The van der Waals surface area contributed by atoms with Crippen LogP contribution in [0.25, 0.3) is 0 Å². The summed E-state index contributed by atoms with van der Waals surface area (Å²) in [5.74, 6) is 0. The number of nitrogens with one attached hydrogen (secondary N) is 2. The molecule has 16 heteroatoms. The molecule has 0 radical (unpaired) electrons. The van der Waals surface area contributed by atoms with Gasteiger partial charge in [-0.3, -0.25) is 14.1 Å². The van der Waals surface area contributed by atoms with Crippen LogP contribution in [-0.2, 0) is 33.3 Å². The molecular weight excluding hydrogens is 576 g/mol. The highest BCUT2D eigenvalue weighted by atomic mass is 35.5. The normalized spacial score (nSPS) is 12.6. The maximum absolute atomic E-state index is 13.2. The zero-order valence-corrected chi connectivity index (χ0v) is 21.9. The van der Waals surface area contributed by atoms with Crippen molar-refractivity contribution >= 4 is 66.2 Å². The molecule has 0 aliphatic carbocycles. The summed E-state index contributed by atoms with van der Waals surface area (Å²) in [5.41, 5.74) is -1.51. The summed E-state index contributed by atoms with van der Waals surface area (Å²) in [5, 5.41) is 3.14. The minimum Gasteiger partial charge on any atom is -0.277 e. The first-order valence-corrected chi connectivity index (χ1v) is 13.5. The van der Waals surface area contributed by atoms with E-state index < -0.39 is 41.7 Å². The second-order valence-corrected chi connectivity index (χ2v) is 11.8. The minimum atomic E-state index is -4.90. The Morgan fingerprint density at radius 1 is 0.886 bits per heavy atom. The molecule has 0 aliphatic heterocycles. The van der Waals surface area contributed by atoms with E-state index in [9.17, 15) is 30.0 Å². The highest BCUT2D eigenvalue weighted by Gasteiger charge is 2.35. The van der Waals surface area contributed by atoms with Crippen LogP contribution in [0.3, 0.4) is 0 Å². The van der Waals surface area contributed by atoms with E-state index in [1.54, 1.807) is 0 Å². The van der Waals surface area contributed by atoms with Crippen molar-refractivity contribution in [3.63, 3.8) is 0 Å². The Bertz CT molecular complexity index is 1540. The number of sulfonamides is 2. The predicted octanol–water partition coefficient (Wildman–Crippen LogP) is 5.62. The fraction of sp³-hybridized carbons (Fsp3) is 0.211. The first-order valence-electron chi connectivity index (χ1n) is 9.35. The van der Waals surface area contributed by atoms with Crippen LogP contribution in [0.5, 0.6) is 0 Å². The number of hydrogen-bond donors (Lipinski definition) is 2. The topological polar surface area (TPSA) is 110 Å². The number of alkyl halides is 3. The van der Waals surface area contributed by atoms with Crippen LogP contribution in [0.4, 0.5) is 24.5 Å². The molecular formula is C19H16Cl3F3N4O4S2. The summed E-state index contributed by atoms with van der Waals surface area (Å²) in [7, 11) is -7.58. The molecule has 0 spiro atoms. The Balaban J connectivity index is 2.08. The Kier molecular flexibility index (Phi) is 7.32. The van der Waals surface area contributed by atoms with Gasteiger partial charge in [-0.2, -0.15) is 18.3 Å². The standard InChI is InChI=1S/C19H16Cl3F3N4O4S2/c1-9-6-15(27-34(30,31)11-4-5-13(20)12(7-11)19(23,24)25)16(8-14(9)21)28-35(32,33)17-10(2)26-29(3)18(17)22/h4-8,27-28H,1-3H3. The van der Waals surface area contributed by atoms with Gasteiger partial charge in [-0.1, -0.05) is 34.8 Å². The summed E-state index contributed by atoms with van der Waals surface area (Å²) in [6.45, 7) is 2.93. The van der Waals surface area contributed by atoms with Crippen molar-refractivity contribution < 1.29 is 30.0 Å². The van der Waals surface area contributed by atoms with Gasteiger partial charge in [0.1, 0.15) is 10.0 Å². The van der Waals surface area contributed by atoms with Gasteiger partial charge >= 0.3 is 6.18 Å². The number of benzene rings is 2. The van der Waals surface area contributed by atoms with Crippen molar-refractivity contribution in [3.05, 3.63) is 62.4 Å². The van der Waals surface area contributed by atoms with Crippen LogP contribution >= 0.6 is 34.8 Å². The van der Waals surface area contributed by atoms with E-state index in [1.807, 2.05) is 0 Å². The van der Waals surface area contributed by atoms with Crippen molar-refractivity contribution in [1.29, 1.82) is 0 Å². The lowest BCUT2D eigenvalue weighted by Crippen LogP contribution is -2.19. The van der Waals surface area contributed by atoms with Gasteiger partial charge in [-0.15, -0.1) is 0 Å². The maximum atomic E-state index is 13.2. The molecule has 35 heavy (non-hydrogen) atoms. The molecule has 0 aliphatic rings. The lowest BCUT2D eigenvalue weighted by Gasteiger charge is -2.17. The molecule has 2 N–H and O–H groups in total. The first-order chi connectivity index (χ1) is 15.9. The zero-order chi connectivity index (χ0) is 26.5. The van der Waals surface area contributed by atoms with Gasteiger partial charge in [-0.25, -0.2) is 16.8 Å². The number of nitrogens with zero attached hydrogens (tertiary/aromatic N) is 2. The van der Waals surface area contributed by atoms with E-state index in [0.717, 1.165) is 22.9 Å². The second kappa shape index (κ2) is 9.36. The van der Waals surface area contributed by atoms with Crippen LogP contribution in [0.15, 0.2) is 40.1 Å². The molecule has 8 nitrogen and oxygen atoms in total. The maximum Gasteiger partial charge on any atom is 0.417 e. The molecule has 190 valence electrons. The summed E-state index contributed by atoms with van der Waals surface area (Å²) in [4.78, 5) is -1.10. The number of aromatic nitrogens is 2. The van der Waals surface area contributed by atoms with Gasteiger partial charge in [0.05, 0.1) is 32.6 Å². The van der Waals surface area contributed by atoms with Crippen LogP contribution in [0, 0.1) is 13.8 Å². The number of hydrogen-bond acceptors (Lipinski definition) is 5. The zero-order valence-electron chi connectivity index (χ0n) is 18.0. The summed E-state index contributed by atoms with van der Waals surface area (Å²) >= 11 is 17.7. The lowest BCUT2D eigenvalue weighted by atomic mass is 10.2. The van der Waals surface area contributed by atoms with E-state index in [-0.39, 0.29) is 32.1 Å². The Hall–Kier alpha value is -2.19. The molecule has 0 unspecified atom stereocenters. The van der Waals surface area contributed by atoms with E-state index in [1.165, 1.54) is 27.0 Å². The van der Waals surface area contributed by atoms with Crippen molar-refractivity contribution in [1.82, 2.24) is 9.78 Å². The summed E-state index contributed by atoms with van der Waals surface area (Å²) in [6, 6.07) is 4.41. The largest absolute Gasteiger partial charge is 0.417 e. The van der Waals surface area contributed by atoms with Crippen LogP contribution < -0.4 is 9.44 Å². The number of anilines is 2. The number of rotatable bonds is 6. The lowest BCUT2D eigenvalue weighted by molar-refractivity contribution is -0.137. The van der Waals surface area contributed by atoms with Crippen molar-refractivity contribution in [2.24, 2.45) is 7.05 Å². The highest BCUT2D eigenvalue weighted by Crippen LogP contribution is 2.38. The molecule has 2 aromatic carbocycles. The van der Waals surface area contributed by atoms with E-state index in [2.05, 4.69) is 14.5 Å². The van der Waals surface area contributed by atoms with Gasteiger partial charge in [0, 0.05) is 12.1 Å². The molecule has 3 rings (SSSR count). The molecule has 0 saturated heterocycles. The average molecular weight is 592 g/mol. The summed E-state index contributed by atoms with van der Waals surface area (Å²) < 4.78 is 97.0. The van der Waals surface area contributed by atoms with Crippen molar-refractivity contribution in [3.8, 4) is 0 Å². The first kappa shape index (κ1) is 27.4. The van der Waals surface area contributed by atoms with Gasteiger partial charge in [-0.05, 0) is 49.7 Å². The predicted molar refractivity (Wildman–Crippen MR) is 127 cm³/mol. The fourth-order valence-electron chi connectivity index (χ4n) is 3.05. The smallest absolute Gasteiger partial charge is 0.277 e. The Morgan fingerprint density at radius 3 is 2.00 bits per heavy atom. The quantitative estimate of drug-likeness (QED) is 0.387. The molecule has 0 bridgehead atoms. The van der Waals surface area contributed by atoms with Gasteiger partial charge < -0.3 is 0 Å². The highest BCUT2D eigenvalue weighted by molar-refractivity contribution is 7.93. The number of aryl methyl sites for hydroxylation is 3. The average Bonchev–Trinajstić information content (AvgIpc) is 2.96. The molecule has 0 fully saturated rings. The van der Waals surface area contributed by atoms with Crippen LogP contribution in [-0.4, -0.2) is 26.6 Å². The third-order valence-electron chi connectivity index (χ3n) is 4.71. The minimum absolute atomic E-state index is 0.0752. The van der Waals surface area contributed by atoms with E-state index in [4.69, 9.17) is 34.8 Å². The molecule has 3 aromatic rings. The third kappa shape index (κ3) is 5.64. The van der Waals surface area contributed by atoms with Crippen LogP contribution in [0.2, 0.25) is 15.2 Å². The molecule has 0 atom stereocenters. The molecule has 0 saturated carbocycles. The second-order valence-electron chi connectivity index (χ2n) is 7.33. The van der Waals surface area contributed by atoms with Crippen LogP contribution in [0.1, 0.15) is 16.8 Å². The molecule has 0 amide bonds. The molecule has 1 heterocycles. The monoisotopic (exact) mass is 590 g/mol. The Labute approximate surface area is 214 Å². The van der Waals surface area contributed by atoms with Crippen molar-refractivity contribution in [2.45, 2.75) is 29.8 Å². The van der Waals surface area contributed by atoms with E-state index >= 15 is 0 Å². The Morgan fingerprint density at radius 2 is 1.46 bits per heavy atom. The summed E-state index contributed by atoms with van der Waals surface area (Å²) in [6.07, 6.45) is -4.90.